The lowest BCUT2D eigenvalue weighted by molar-refractivity contribution is 0.169. The van der Waals surface area contributed by atoms with Crippen LogP contribution in [0.2, 0.25) is 5.02 Å². The van der Waals surface area contributed by atoms with E-state index in [0.29, 0.717) is 29.8 Å². The molecule has 1 aliphatic carbocycles. The van der Waals surface area contributed by atoms with Gasteiger partial charge in [0.15, 0.2) is 0 Å². The maximum Gasteiger partial charge on any atom is 0.129 e. The molecular formula is C17H24ClFN2O. The molecular weight excluding hydrogens is 303 g/mol. The second-order valence-electron chi connectivity index (χ2n) is 6.79. The molecule has 22 heavy (non-hydrogen) atoms. The van der Waals surface area contributed by atoms with Crippen molar-refractivity contribution in [3.63, 3.8) is 0 Å². The zero-order valence-electron chi connectivity index (χ0n) is 12.8. The smallest absolute Gasteiger partial charge is 0.129 e. The Balaban J connectivity index is 1.46. The Bertz CT molecular complexity index is 493. The third-order valence-electron chi connectivity index (χ3n) is 5.09. The van der Waals surface area contributed by atoms with E-state index >= 15 is 0 Å². The fourth-order valence-corrected chi connectivity index (χ4v) is 3.35. The molecule has 1 aliphatic heterocycles. The number of hydrogen-bond donors (Lipinski definition) is 2. The molecule has 2 N–H and O–H groups in total. The summed E-state index contributed by atoms with van der Waals surface area (Å²) in [6.07, 6.45) is 4.41. The SMILES string of the molecule is OCC1(CNC2CCN(Cc3c(F)cccc3Cl)CC2)CC1. The molecule has 0 unspecified atom stereocenters. The van der Waals surface area contributed by atoms with Crippen molar-refractivity contribution in [1.82, 2.24) is 10.2 Å². The molecule has 0 aromatic heterocycles. The number of halogens is 2. The first-order valence-corrected chi connectivity index (χ1v) is 8.49. The van der Waals surface area contributed by atoms with Crippen LogP contribution in [0.3, 0.4) is 0 Å². The normalized spacial score (nSPS) is 22.0. The first-order valence-electron chi connectivity index (χ1n) is 8.11. The summed E-state index contributed by atoms with van der Waals surface area (Å²) in [5, 5.41) is 13.5. The van der Waals surface area contributed by atoms with Crippen LogP contribution < -0.4 is 5.32 Å². The molecule has 1 heterocycles. The Hall–Kier alpha value is -0.680. The van der Waals surface area contributed by atoms with Gasteiger partial charge in [-0.2, -0.15) is 0 Å². The first-order chi connectivity index (χ1) is 10.6. The average molecular weight is 327 g/mol. The number of rotatable bonds is 6. The van der Waals surface area contributed by atoms with Crippen LogP contribution in [-0.2, 0) is 6.54 Å². The highest BCUT2D eigenvalue weighted by Gasteiger charge is 2.42. The van der Waals surface area contributed by atoms with Gasteiger partial charge in [-0.05, 0) is 50.9 Å². The van der Waals surface area contributed by atoms with Crippen LogP contribution in [0.4, 0.5) is 4.39 Å². The van der Waals surface area contributed by atoms with Gasteiger partial charge in [0.1, 0.15) is 5.82 Å². The minimum Gasteiger partial charge on any atom is -0.396 e. The molecule has 3 rings (SSSR count). The summed E-state index contributed by atoms with van der Waals surface area (Å²) in [7, 11) is 0. The third kappa shape index (κ3) is 3.80. The number of nitrogens with one attached hydrogen (secondary N) is 1. The van der Waals surface area contributed by atoms with E-state index in [0.717, 1.165) is 45.3 Å². The maximum absolute atomic E-state index is 13.8. The molecule has 5 heteroatoms. The van der Waals surface area contributed by atoms with Crippen molar-refractivity contribution in [2.75, 3.05) is 26.2 Å². The van der Waals surface area contributed by atoms with E-state index in [1.165, 1.54) is 6.07 Å². The predicted molar refractivity (Wildman–Crippen MR) is 86.5 cm³/mol. The molecule has 0 atom stereocenters. The minimum atomic E-state index is -0.216. The minimum absolute atomic E-state index is 0.165. The standard InChI is InChI=1S/C17H24ClFN2O/c18-15-2-1-3-16(19)14(15)10-21-8-4-13(5-9-21)20-11-17(12-22)6-7-17/h1-3,13,20,22H,4-12H2. The fourth-order valence-electron chi connectivity index (χ4n) is 3.13. The van der Waals surface area contributed by atoms with E-state index in [9.17, 15) is 9.50 Å². The fraction of sp³-hybridized carbons (Fsp3) is 0.647. The zero-order chi connectivity index (χ0) is 15.6. The number of hydrogen-bond acceptors (Lipinski definition) is 3. The highest BCUT2D eigenvalue weighted by molar-refractivity contribution is 6.31. The molecule has 122 valence electrons. The lowest BCUT2D eigenvalue weighted by Gasteiger charge is -2.33. The largest absolute Gasteiger partial charge is 0.396 e. The van der Waals surface area contributed by atoms with Crippen molar-refractivity contribution in [2.24, 2.45) is 5.41 Å². The van der Waals surface area contributed by atoms with E-state index in [1.807, 2.05) is 0 Å². The van der Waals surface area contributed by atoms with Gasteiger partial charge in [-0.15, -0.1) is 0 Å². The molecule has 1 saturated carbocycles. The molecule has 2 aliphatic rings. The van der Waals surface area contributed by atoms with Crippen LogP contribution in [0, 0.1) is 11.2 Å². The van der Waals surface area contributed by atoms with Gasteiger partial charge in [0.05, 0.1) is 0 Å². The number of nitrogens with zero attached hydrogens (tertiary/aromatic N) is 1. The summed E-state index contributed by atoms with van der Waals surface area (Å²) in [5.74, 6) is -0.216. The summed E-state index contributed by atoms with van der Waals surface area (Å²) in [4.78, 5) is 2.27. The predicted octanol–water partition coefficient (Wildman–Crippen LogP) is 2.81. The summed E-state index contributed by atoms with van der Waals surface area (Å²) in [6, 6.07) is 5.38. The highest BCUT2D eigenvalue weighted by atomic mass is 35.5. The van der Waals surface area contributed by atoms with Crippen LogP contribution in [0.25, 0.3) is 0 Å². The van der Waals surface area contributed by atoms with Gasteiger partial charge in [0.2, 0.25) is 0 Å². The number of aliphatic hydroxyl groups is 1. The molecule has 1 aromatic carbocycles. The maximum atomic E-state index is 13.8. The van der Waals surface area contributed by atoms with E-state index in [-0.39, 0.29) is 11.2 Å². The van der Waals surface area contributed by atoms with Crippen LogP contribution in [0.15, 0.2) is 18.2 Å². The van der Waals surface area contributed by atoms with Crippen molar-refractivity contribution >= 4 is 11.6 Å². The van der Waals surface area contributed by atoms with Gasteiger partial charge in [-0.1, -0.05) is 17.7 Å². The number of aliphatic hydroxyl groups excluding tert-OH is 1. The topological polar surface area (TPSA) is 35.5 Å². The summed E-state index contributed by atoms with van der Waals surface area (Å²) in [5.41, 5.74) is 0.769. The van der Waals surface area contributed by atoms with Crippen molar-refractivity contribution in [1.29, 1.82) is 0 Å². The lowest BCUT2D eigenvalue weighted by Crippen LogP contribution is -2.44. The lowest BCUT2D eigenvalue weighted by atomic mass is 10.0. The molecule has 1 saturated heterocycles. The third-order valence-corrected chi connectivity index (χ3v) is 5.44. The summed E-state index contributed by atoms with van der Waals surface area (Å²) < 4.78 is 13.8. The van der Waals surface area contributed by atoms with Crippen LogP contribution in [-0.4, -0.2) is 42.3 Å². The monoisotopic (exact) mass is 326 g/mol. The summed E-state index contributed by atoms with van der Waals surface area (Å²) in [6.45, 7) is 3.71. The van der Waals surface area contributed by atoms with E-state index < -0.39 is 0 Å². The Labute approximate surface area is 136 Å². The Morgan fingerprint density at radius 3 is 2.64 bits per heavy atom. The first kappa shape index (κ1) is 16.2. The van der Waals surface area contributed by atoms with E-state index in [2.05, 4.69) is 10.2 Å². The molecule has 1 aromatic rings. The Morgan fingerprint density at radius 1 is 1.32 bits per heavy atom. The molecule has 0 spiro atoms. The molecule has 3 nitrogen and oxygen atoms in total. The molecule has 0 radical (unpaired) electrons. The quantitative estimate of drug-likeness (QED) is 0.844. The Morgan fingerprint density at radius 2 is 2.05 bits per heavy atom. The van der Waals surface area contributed by atoms with Crippen molar-refractivity contribution in [3.05, 3.63) is 34.6 Å². The second-order valence-corrected chi connectivity index (χ2v) is 7.20. The van der Waals surface area contributed by atoms with Crippen LogP contribution in [0.1, 0.15) is 31.2 Å². The van der Waals surface area contributed by atoms with Gasteiger partial charge >= 0.3 is 0 Å². The van der Waals surface area contributed by atoms with Gasteiger partial charge in [-0.25, -0.2) is 4.39 Å². The van der Waals surface area contributed by atoms with Gasteiger partial charge in [0, 0.05) is 41.7 Å². The van der Waals surface area contributed by atoms with Crippen molar-refractivity contribution in [2.45, 2.75) is 38.3 Å². The zero-order valence-corrected chi connectivity index (χ0v) is 13.6. The number of likely N-dealkylation sites (tertiary alicyclic amines) is 1. The van der Waals surface area contributed by atoms with Gasteiger partial charge < -0.3 is 10.4 Å². The average Bonchev–Trinajstić information content (AvgIpc) is 3.31. The van der Waals surface area contributed by atoms with Crippen molar-refractivity contribution in [3.8, 4) is 0 Å². The van der Waals surface area contributed by atoms with Crippen LogP contribution in [0.5, 0.6) is 0 Å². The van der Waals surface area contributed by atoms with Gasteiger partial charge in [0.25, 0.3) is 0 Å². The Kier molecular flexibility index (Phi) is 5.03. The van der Waals surface area contributed by atoms with Crippen molar-refractivity contribution < 1.29 is 9.50 Å². The molecule has 0 bridgehead atoms. The molecule has 0 amide bonds. The van der Waals surface area contributed by atoms with Gasteiger partial charge in [-0.3, -0.25) is 4.90 Å². The molecule has 2 fully saturated rings. The number of benzene rings is 1. The highest BCUT2D eigenvalue weighted by Crippen LogP contribution is 2.44. The number of piperidine rings is 1. The van der Waals surface area contributed by atoms with E-state index in [1.54, 1.807) is 12.1 Å². The van der Waals surface area contributed by atoms with Crippen LogP contribution >= 0.6 is 11.6 Å². The summed E-state index contributed by atoms with van der Waals surface area (Å²) >= 11 is 6.10. The van der Waals surface area contributed by atoms with E-state index in [4.69, 9.17) is 11.6 Å². The second kappa shape index (κ2) is 6.83.